The van der Waals surface area contributed by atoms with Gasteiger partial charge in [-0.05, 0) is 47.9 Å². The van der Waals surface area contributed by atoms with Gasteiger partial charge >= 0.3 is 5.97 Å². The maximum atomic E-state index is 13.9. The first-order chi connectivity index (χ1) is 19.3. The lowest BCUT2D eigenvalue weighted by atomic mass is 9.80. The van der Waals surface area contributed by atoms with Gasteiger partial charge in [0.2, 0.25) is 0 Å². The van der Waals surface area contributed by atoms with Crippen molar-refractivity contribution in [1.82, 2.24) is 9.84 Å². The van der Waals surface area contributed by atoms with E-state index in [1.54, 1.807) is 35.3 Å². The van der Waals surface area contributed by atoms with Crippen molar-refractivity contribution < 1.29 is 17.9 Å². The van der Waals surface area contributed by atoms with E-state index in [4.69, 9.17) is 16.3 Å². The van der Waals surface area contributed by atoms with Crippen molar-refractivity contribution >= 4 is 39.4 Å². The zero-order valence-corrected chi connectivity index (χ0v) is 23.7. The predicted molar refractivity (Wildman–Crippen MR) is 158 cm³/mol. The monoisotopic (exact) mass is 572 g/mol. The van der Waals surface area contributed by atoms with E-state index in [9.17, 15) is 13.2 Å². The van der Waals surface area contributed by atoms with Gasteiger partial charge in [-0.15, -0.1) is 4.83 Å². The Balaban J connectivity index is 1.75. The van der Waals surface area contributed by atoms with Gasteiger partial charge in [-0.1, -0.05) is 102 Å². The van der Waals surface area contributed by atoms with E-state index < -0.39 is 28.0 Å². The van der Waals surface area contributed by atoms with Crippen molar-refractivity contribution in [3.63, 3.8) is 0 Å². The number of carbonyl (C=O) groups excluding carboxylic acids is 1. The van der Waals surface area contributed by atoms with Crippen molar-refractivity contribution in [2.45, 2.75) is 30.2 Å². The number of carbonyl (C=O) groups is 1. The Morgan fingerprint density at radius 2 is 1.57 bits per heavy atom. The highest BCUT2D eigenvalue weighted by Crippen LogP contribution is 2.48. The zero-order valence-electron chi connectivity index (χ0n) is 22.1. The first-order valence-electron chi connectivity index (χ1n) is 12.8. The van der Waals surface area contributed by atoms with Crippen LogP contribution in [0, 0.1) is 6.92 Å². The average molecular weight is 573 g/mol. The SMILES string of the molecule is COC(=O)CC(c1ccccc1)C1c2cccc(Cl)c2C=C(c2ccccc2)N1NS(=O)(=O)c1ccc(C)cc1. The molecular formula is C32H29ClN2O4S. The van der Waals surface area contributed by atoms with Crippen LogP contribution in [0.4, 0.5) is 0 Å². The molecule has 0 bridgehead atoms. The maximum absolute atomic E-state index is 13.9. The number of esters is 1. The fraction of sp³-hybridized carbons (Fsp3) is 0.156. The molecule has 2 atom stereocenters. The van der Waals surface area contributed by atoms with Gasteiger partial charge in [-0.25, -0.2) is 8.42 Å². The molecule has 8 heteroatoms. The third kappa shape index (κ3) is 5.68. The molecule has 0 fully saturated rings. The Morgan fingerprint density at radius 1 is 0.925 bits per heavy atom. The molecule has 4 aromatic carbocycles. The summed E-state index contributed by atoms with van der Waals surface area (Å²) < 4.78 is 32.8. The van der Waals surface area contributed by atoms with Gasteiger partial charge in [0.25, 0.3) is 10.0 Å². The average Bonchev–Trinajstić information content (AvgIpc) is 2.97. The first-order valence-corrected chi connectivity index (χ1v) is 14.7. The molecule has 4 aromatic rings. The van der Waals surface area contributed by atoms with Crippen LogP contribution in [-0.2, 0) is 19.6 Å². The number of ether oxygens (including phenoxy) is 1. The van der Waals surface area contributed by atoms with E-state index in [1.165, 1.54) is 7.11 Å². The van der Waals surface area contributed by atoms with Gasteiger partial charge in [0.05, 0.1) is 30.2 Å². The van der Waals surface area contributed by atoms with Crippen LogP contribution in [0.25, 0.3) is 11.8 Å². The number of rotatable bonds is 8. The van der Waals surface area contributed by atoms with Gasteiger partial charge in [0.1, 0.15) is 0 Å². The number of hydrogen-bond acceptors (Lipinski definition) is 5. The summed E-state index contributed by atoms with van der Waals surface area (Å²) in [6.45, 7) is 1.90. The zero-order chi connectivity index (χ0) is 28.3. The van der Waals surface area contributed by atoms with Gasteiger partial charge in [0.15, 0.2) is 0 Å². The number of hydrogen-bond donors (Lipinski definition) is 1. The smallest absolute Gasteiger partial charge is 0.306 e. The summed E-state index contributed by atoms with van der Waals surface area (Å²) in [7, 11) is -2.68. The van der Waals surface area contributed by atoms with Gasteiger partial charge in [-0.2, -0.15) is 0 Å². The molecule has 6 nitrogen and oxygen atoms in total. The van der Waals surface area contributed by atoms with Gasteiger partial charge in [0, 0.05) is 16.5 Å². The van der Waals surface area contributed by atoms with Crippen molar-refractivity contribution in [3.8, 4) is 0 Å². The van der Waals surface area contributed by atoms with Crippen molar-refractivity contribution in [2.75, 3.05) is 7.11 Å². The second-order valence-corrected chi connectivity index (χ2v) is 11.7. The number of sulfonamides is 1. The Morgan fingerprint density at radius 3 is 2.23 bits per heavy atom. The molecule has 1 aliphatic heterocycles. The van der Waals surface area contributed by atoms with E-state index in [1.807, 2.05) is 85.8 Å². The van der Waals surface area contributed by atoms with Crippen LogP contribution in [0.2, 0.25) is 5.02 Å². The van der Waals surface area contributed by atoms with E-state index in [2.05, 4.69) is 4.83 Å². The highest BCUT2D eigenvalue weighted by molar-refractivity contribution is 7.89. The van der Waals surface area contributed by atoms with E-state index >= 15 is 0 Å². The number of fused-ring (bicyclic) bond motifs is 1. The molecule has 0 saturated carbocycles. The molecule has 40 heavy (non-hydrogen) atoms. The summed E-state index contributed by atoms with van der Waals surface area (Å²) in [6.07, 6.45) is 1.91. The standard InChI is InChI=1S/C32H29ClN2O4S/c1-22-16-18-25(19-17-22)40(37,38)34-35-30(24-12-7-4-8-13-24)20-28-26(14-9-15-29(28)33)32(35)27(21-31(36)39-2)23-10-5-3-6-11-23/h3-20,27,32,34H,21H2,1-2H3. The molecule has 0 amide bonds. The van der Waals surface area contributed by atoms with Crippen LogP contribution in [-0.4, -0.2) is 26.5 Å². The first kappa shape index (κ1) is 27.6. The van der Waals surface area contributed by atoms with E-state index in [-0.39, 0.29) is 11.3 Å². The topological polar surface area (TPSA) is 75.7 Å². The van der Waals surface area contributed by atoms with Crippen molar-refractivity contribution in [2.24, 2.45) is 0 Å². The van der Waals surface area contributed by atoms with Gasteiger partial charge < -0.3 is 4.74 Å². The quantitative estimate of drug-likeness (QED) is 0.237. The number of aryl methyl sites for hydroxylation is 1. The molecule has 1 N–H and O–H groups in total. The molecule has 0 saturated heterocycles. The van der Waals surface area contributed by atoms with E-state index in [0.717, 1.165) is 27.8 Å². The van der Waals surface area contributed by atoms with Crippen LogP contribution in [0.5, 0.6) is 0 Å². The highest BCUT2D eigenvalue weighted by Gasteiger charge is 2.40. The Kier molecular flexibility index (Phi) is 8.07. The number of methoxy groups -OCH3 is 1. The van der Waals surface area contributed by atoms with Crippen molar-refractivity contribution in [3.05, 3.63) is 136 Å². The third-order valence-electron chi connectivity index (χ3n) is 7.07. The number of halogens is 1. The van der Waals surface area contributed by atoms with Crippen LogP contribution in [0.1, 0.15) is 46.2 Å². The van der Waals surface area contributed by atoms with Crippen LogP contribution >= 0.6 is 11.6 Å². The molecule has 0 radical (unpaired) electrons. The Bertz CT molecular complexity index is 1640. The molecule has 0 aliphatic carbocycles. The molecule has 5 rings (SSSR count). The molecule has 1 aliphatic rings. The second kappa shape index (κ2) is 11.7. The minimum atomic E-state index is -4.03. The summed E-state index contributed by atoms with van der Waals surface area (Å²) in [5, 5.41) is 2.19. The fourth-order valence-corrected chi connectivity index (χ4v) is 6.37. The lowest BCUT2D eigenvalue weighted by molar-refractivity contribution is -0.141. The van der Waals surface area contributed by atoms with Crippen LogP contribution < -0.4 is 4.83 Å². The molecular weight excluding hydrogens is 544 g/mol. The minimum absolute atomic E-state index is 0.0158. The Labute approximate surface area is 239 Å². The molecule has 204 valence electrons. The van der Waals surface area contributed by atoms with Crippen molar-refractivity contribution in [1.29, 1.82) is 0 Å². The minimum Gasteiger partial charge on any atom is -0.469 e. The van der Waals surface area contributed by atoms with Gasteiger partial charge in [-0.3, -0.25) is 9.80 Å². The summed E-state index contributed by atoms with van der Waals surface area (Å²) in [4.78, 5) is 15.8. The largest absolute Gasteiger partial charge is 0.469 e. The lowest BCUT2D eigenvalue weighted by Gasteiger charge is -2.43. The summed E-state index contributed by atoms with van der Waals surface area (Å²) >= 11 is 6.74. The second-order valence-electron chi connectivity index (χ2n) is 9.66. The highest BCUT2D eigenvalue weighted by atomic mass is 35.5. The normalized spacial score (nSPS) is 15.6. The molecule has 0 spiro atoms. The van der Waals surface area contributed by atoms with Crippen LogP contribution in [0.15, 0.2) is 108 Å². The number of nitrogens with zero attached hydrogens (tertiary/aromatic N) is 1. The summed E-state index contributed by atoms with van der Waals surface area (Å²) in [5.41, 5.74) is 4.76. The molecule has 1 heterocycles. The van der Waals surface area contributed by atoms with E-state index in [0.29, 0.717) is 10.7 Å². The maximum Gasteiger partial charge on any atom is 0.306 e. The lowest BCUT2D eigenvalue weighted by Crippen LogP contribution is -2.46. The number of nitrogens with one attached hydrogen (secondary N) is 1. The number of benzene rings is 4. The molecule has 0 aromatic heterocycles. The fourth-order valence-electron chi connectivity index (χ4n) is 5.07. The van der Waals surface area contributed by atoms with Crippen LogP contribution in [0.3, 0.4) is 0 Å². The Hall–Kier alpha value is -3.91. The summed E-state index contributed by atoms with van der Waals surface area (Å²) in [6, 6.07) is 30.7. The predicted octanol–water partition coefficient (Wildman–Crippen LogP) is 6.74. The third-order valence-corrected chi connectivity index (χ3v) is 8.73. The summed E-state index contributed by atoms with van der Waals surface area (Å²) in [5.74, 6) is -0.895. The number of hydrazine groups is 1. The molecule has 2 unspecified atom stereocenters.